The van der Waals surface area contributed by atoms with E-state index in [0.717, 1.165) is 12.5 Å². The minimum absolute atomic E-state index is 0.804. The molecule has 98 valence electrons. The average Bonchev–Trinajstić information content (AvgIpc) is 2.76. The maximum Gasteiger partial charge on any atom is 0.0369 e. The highest BCUT2D eigenvalue weighted by Gasteiger charge is 2.28. The molecule has 1 aromatic rings. The molecular weight excluding hydrogens is 220 g/mol. The molecule has 2 fully saturated rings. The van der Waals surface area contributed by atoms with Crippen molar-refractivity contribution in [2.45, 2.75) is 38.6 Å². The van der Waals surface area contributed by atoms with Crippen molar-refractivity contribution in [3.05, 3.63) is 29.8 Å². The van der Waals surface area contributed by atoms with Gasteiger partial charge in [-0.05, 0) is 49.9 Å². The number of hydrogen-bond donors (Lipinski definition) is 0. The van der Waals surface area contributed by atoms with E-state index in [-0.39, 0.29) is 0 Å². The summed E-state index contributed by atoms with van der Waals surface area (Å²) in [5.74, 6) is 0. The van der Waals surface area contributed by atoms with E-state index in [0.29, 0.717) is 0 Å². The molecule has 0 radical (unpaired) electrons. The molecule has 18 heavy (non-hydrogen) atoms. The summed E-state index contributed by atoms with van der Waals surface area (Å²) in [6.07, 6.45) is 5.24. The highest BCUT2D eigenvalue weighted by atomic mass is 15.3. The summed E-state index contributed by atoms with van der Waals surface area (Å²) in [6, 6.07) is 9.92. The molecule has 2 aliphatic rings. The van der Waals surface area contributed by atoms with Crippen LogP contribution in [0.5, 0.6) is 0 Å². The van der Waals surface area contributed by atoms with Gasteiger partial charge in [0.25, 0.3) is 0 Å². The van der Waals surface area contributed by atoms with Crippen LogP contribution in [0, 0.1) is 0 Å². The molecule has 1 unspecified atom stereocenters. The molecule has 0 amide bonds. The molecule has 1 aromatic carbocycles. The van der Waals surface area contributed by atoms with Crippen LogP contribution in [-0.4, -0.2) is 37.1 Å². The second kappa shape index (κ2) is 5.31. The summed E-state index contributed by atoms with van der Waals surface area (Å²) >= 11 is 0. The number of fused-ring (bicyclic) bond motifs is 1. The van der Waals surface area contributed by atoms with Crippen molar-refractivity contribution in [2.24, 2.45) is 0 Å². The van der Waals surface area contributed by atoms with Crippen LogP contribution in [0.4, 0.5) is 5.69 Å². The van der Waals surface area contributed by atoms with E-state index in [1.165, 1.54) is 56.7 Å². The van der Waals surface area contributed by atoms with Gasteiger partial charge in [0.15, 0.2) is 0 Å². The molecule has 0 aliphatic carbocycles. The Bertz CT molecular complexity index is 402. The number of aryl methyl sites for hydroxylation is 1. The highest BCUT2D eigenvalue weighted by Crippen LogP contribution is 2.25. The zero-order chi connectivity index (χ0) is 12.4. The molecule has 3 rings (SSSR count). The normalized spacial score (nSPS) is 24.9. The largest absolute Gasteiger partial charge is 0.370 e. The van der Waals surface area contributed by atoms with Gasteiger partial charge in [0.2, 0.25) is 0 Å². The molecule has 0 spiro atoms. The van der Waals surface area contributed by atoms with Gasteiger partial charge in [-0.2, -0.15) is 0 Å². The third-order valence-corrected chi connectivity index (χ3v) is 4.49. The predicted molar refractivity (Wildman–Crippen MR) is 77.2 cm³/mol. The number of hydrogen-bond acceptors (Lipinski definition) is 2. The van der Waals surface area contributed by atoms with E-state index >= 15 is 0 Å². The Morgan fingerprint density at radius 2 is 2.06 bits per heavy atom. The third-order valence-electron chi connectivity index (χ3n) is 4.49. The van der Waals surface area contributed by atoms with Gasteiger partial charge in [0, 0.05) is 31.4 Å². The molecule has 1 atom stereocenters. The summed E-state index contributed by atoms with van der Waals surface area (Å²) in [4.78, 5) is 5.30. The van der Waals surface area contributed by atoms with Gasteiger partial charge in [0.1, 0.15) is 0 Å². The Balaban J connectivity index is 1.78. The van der Waals surface area contributed by atoms with E-state index in [4.69, 9.17) is 0 Å². The molecule has 2 heterocycles. The third kappa shape index (κ3) is 2.39. The van der Waals surface area contributed by atoms with Gasteiger partial charge < -0.3 is 4.90 Å². The van der Waals surface area contributed by atoms with Crippen molar-refractivity contribution in [3.63, 3.8) is 0 Å². The highest BCUT2D eigenvalue weighted by molar-refractivity contribution is 5.49. The standard InChI is InChI=1S/C16H24N2/c1-2-14-6-3-7-15(12-14)18-11-5-10-17-9-4-8-16(17)13-18/h3,6-7,12,16H,2,4-5,8-11,13H2,1H3. The van der Waals surface area contributed by atoms with Crippen LogP contribution in [0.1, 0.15) is 31.7 Å². The number of nitrogens with zero attached hydrogens (tertiary/aromatic N) is 2. The Hall–Kier alpha value is -1.02. The van der Waals surface area contributed by atoms with Crippen LogP contribution in [-0.2, 0) is 6.42 Å². The van der Waals surface area contributed by atoms with Gasteiger partial charge in [-0.3, -0.25) is 4.90 Å². The van der Waals surface area contributed by atoms with E-state index in [1.54, 1.807) is 0 Å². The molecule has 0 bridgehead atoms. The fraction of sp³-hybridized carbons (Fsp3) is 0.625. The lowest BCUT2D eigenvalue weighted by Gasteiger charge is -2.27. The van der Waals surface area contributed by atoms with Crippen molar-refractivity contribution in [1.29, 1.82) is 0 Å². The Morgan fingerprint density at radius 3 is 2.94 bits per heavy atom. The Kier molecular flexibility index (Phi) is 3.55. The first-order chi connectivity index (χ1) is 8.86. The first-order valence-electron chi connectivity index (χ1n) is 7.45. The summed E-state index contributed by atoms with van der Waals surface area (Å²) in [5, 5.41) is 0. The van der Waals surface area contributed by atoms with Gasteiger partial charge in [-0.1, -0.05) is 19.1 Å². The molecule has 0 saturated carbocycles. The lowest BCUT2D eigenvalue weighted by molar-refractivity contribution is 0.273. The molecule has 2 aliphatic heterocycles. The second-order valence-electron chi connectivity index (χ2n) is 5.66. The maximum absolute atomic E-state index is 2.70. The fourth-order valence-corrected chi connectivity index (χ4v) is 3.41. The van der Waals surface area contributed by atoms with Crippen LogP contribution in [0.3, 0.4) is 0 Å². The average molecular weight is 244 g/mol. The smallest absolute Gasteiger partial charge is 0.0369 e. The van der Waals surface area contributed by atoms with E-state index in [9.17, 15) is 0 Å². The van der Waals surface area contributed by atoms with Gasteiger partial charge in [0.05, 0.1) is 0 Å². The van der Waals surface area contributed by atoms with E-state index < -0.39 is 0 Å². The van der Waals surface area contributed by atoms with Crippen molar-refractivity contribution in [2.75, 3.05) is 31.1 Å². The lowest BCUT2D eigenvalue weighted by Crippen LogP contribution is -2.36. The summed E-state index contributed by atoms with van der Waals surface area (Å²) < 4.78 is 0. The molecule has 0 aromatic heterocycles. The Morgan fingerprint density at radius 1 is 1.17 bits per heavy atom. The van der Waals surface area contributed by atoms with Crippen LogP contribution in [0.25, 0.3) is 0 Å². The summed E-state index contributed by atoms with van der Waals surface area (Å²) in [5.41, 5.74) is 2.89. The quantitative estimate of drug-likeness (QED) is 0.789. The molecule has 2 heteroatoms. The van der Waals surface area contributed by atoms with Crippen molar-refractivity contribution in [3.8, 4) is 0 Å². The molecular formula is C16H24N2. The number of benzene rings is 1. The van der Waals surface area contributed by atoms with Gasteiger partial charge >= 0.3 is 0 Å². The van der Waals surface area contributed by atoms with Crippen LogP contribution < -0.4 is 4.90 Å². The first-order valence-corrected chi connectivity index (χ1v) is 7.45. The summed E-state index contributed by atoms with van der Waals surface area (Å²) in [7, 11) is 0. The SMILES string of the molecule is CCc1cccc(N2CCCN3CCCC3C2)c1. The lowest BCUT2D eigenvalue weighted by atomic mass is 10.1. The van der Waals surface area contributed by atoms with E-state index in [1.807, 2.05) is 0 Å². The Labute approximate surface area is 111 Å². The minimum Gasteiger partial charge on any atom is -0.370 e. The van der Waals surface area contributed by atoms with Crippen molar-refractivity contribution in [1.82, 2.24) is 4.90 Å². The first kappa shape index (κ1) is 12.0. The topological polar surface area (TPSA) is 6.48 Å². The number of rotatable bonds is 2. The molecule has 2 nitrogen and oxygen atoms in total. The maximum atomic E-state index is 2.70. The van der Waals surface area contributed by atoms with Crippen LogP contribution in [0.15, 0.2) is 24.3 Å². The van der Waals surface area contributed by atoms with Gasteiger partial charge in [-0.25, -0.2) is 0 Å². The van der Waals surface area contributed by atoms with Crippen molar-refractivity contribution >= 4 is 5.69 Å². The van der Waals surface area contributed by atoms with Crippen molar-refractivity contribution < 1.29 is 0 Å². The van der Waals surface area contributed by atoms with Crippen LogP contribution in [0.2, 0.25) is 0 Å². The predicted octanol–water partition coefficient (Wildman–Crippen LogP) is 2.92. The number of anilines is 1. The zero-order valence-electron chi connectivity index (χ0n) is 11.4. The minimum atomic E-state index is 0.804. The molecule has 0 N–H and O–H groups in total. The fourth-order valence-electron chi connectivity index (χ4n) is 3.41. The van der Waals surface area contributed by atoms with E-state index in [2.05, 4.69) is 41.0 Å². The summed E-state index contributed by atoms with van der Waals surface area (Å²) in [6.45, 7) is 7.32. The second-order valence-corrected chi connectivity index (χ2v) is 5.66. The van der Waals surface area contributed by atoms with Crippen LogP contribution >= 0.6 is 0 Å². The van der Waals surface area contributed by atoms with Gasteiger partial charge in [-0.15, -0.1) is 0 Å². The zero-order valence-corrected chi connectivity index (χ0v) is 11.4. The monoisotopic (exact) mass is 244 g/mol. The molecule has 2 saturated heterocycles.